The number of rotatable bonds is 4. The van der Waals surface area contributed by atoms with Crippen molar-refractivity contribution in [1.29, 1.82) is 0 Å². The van der Waals surface area contributed by atoms with Crippen molar-refractivity contribution in [2.75, 3.05) is 6.26 Å². The van der Waals surface area contributed by atoms with Gasteiger partial charge in [0.25, 0.3) is 0 Å². The van der Waals surface area contributed by atoms with E-state index < -0.39 is 19.9 Å². The highest BCUT2D eigenvalue weighted by atomic mass is 32.2. The molecule has 0 atom stereocenters. The molecule has 5 nitrogen and oxygen atoms in total. The standard InChI is InChI=1S/C14H27NO4S2/c1-11-3-7-14(8-4-11)21(18,19)15-12-5-9-13(10-6-12)20(2,16)17/h11-15H,3-10H2,1-2H3. The predicted molar refractivity (Wildman–Crippen MR) is 84.4 cm³/mol. The van der Waals surface area contributed by atoms with Crippen LogP contribution in [0.25, 0.3) is 0 Å². The molecule has 0 amide bonds. The van der Waals surface area contributed by atoms with Crippen LogP contribution in [0.5, 0.6) is 0 Å². The molecule has 0 aromatic carbocycles. The molecule has 21 heavy (non-hydrogen) atoms. The normalized spacial score (nSPS) is 35.5. The third-order valence-corrected chi connectivity index (χ3v) is 8.71. The van der Waals surface area contributed by atoms with E-state index in [1.807, 2.05) is 0 Å². The first kappa shape index (κ1) is 17.2. The summed E-state index contributed by atoms with van der Waals surface area (Å²) in [5, 5.41) is -0.560. The van der Waals surface area contributed by atoms with Crippen LogP contribution < -0.4 is 4.72 Å². The maximum atomic E-state index is 12.4. The van der Waals surface area contributed by atoms with Crippen molar-refractivity contribution in [3.63, 3.8) is 0 Å². The highest BCUT2D eigenvalue weighted by Gasteiger charge is 2.34. The fraction of sp³-hybridized carbons (Fsp3) is 1.00. The van der Waals surface area contributed by atoms with Gasteiger partial charge in [0.1, 0.15) is 9.84 Å². The molecule has 2 saturated carbocycles. The minimum atomic E-state index is -3.26. The van der Waals surface area contributed by atoms with Crippen LogP contribution in [0.3, 0.4) is 0 Å². The van der Waals surface area contributed by atoms with Crippen LogP contribution in [0.2, 0.25) is 0 Å². The van der Waals surface area contributed by atoms with Gasteiger partial charge < -0.3 is 0 Å². The second kappa shape index (κ2) is 6.54. The maximum absolute atomic E-state index is 12.4. The Morgan fingerprint density at radius 1 is 0.762 bits per heavy atom. The van der Waals surface area contributed by atoms with E-state index in [2.05, 4.69) is 11.6 Å². The average molecular weight is 338 g/mol. The maximum Gasteiger partial charge on any atom is 0.214 e. The SMILES string of the molecule is CC1CCC(S(=O)(=O)NC2CCC(S(C)(=O)=O)CC2)CC1. The van der Waals surface area contributed by atoms with Crippen molar-refractivity contribution in [1.82, 2.24) is 4.72 Å². The Morgan fingerprint density at radius 3 is 1.71 bits per heavy atom. The van der Waals surface area contributed by atoms with Crippen LogP contribution >= 0.6 is 0 Å². The first-order chi connectivity index (χ1) is 9.68. The average Bonchev–Trinajstić information content (AvgIpc) is 2.38. The molecule has 0 unspecified atom stereocenters. The van der Waals surface area contributed by atoms with Crippen molar-refractivity contribution >= 4 is 19.9 Å². The third kappa shape index (κ3) is 4.66. The van der Waals surface area contributed by atoms with Crippen LogP contribution in [-0.2, 0) is 19.9 Å². The van der Waals surface area contributed by atoms with Crippen LogP contribution in [0.15, 0.2) is 0 Å². The number of hydrogen-bond donors (Lipinski definition) is 1. The lowest BCUT2D eigenvalue weighted by molar-refractivity contribution is 0.371. The quantitative estimate of drug-likeness (QED) is 0.849. The minimum absolute atomic E-state index is 0.0904. The summed E-state index contributed by atoms with van der Waals surface area (Å²) in [5.74, 6) is 0.627. The van der Waals surface area contributed by atoms with Gasteiger partial charge in [-0.05, 0) is 57.3 Å². The van der Waals surface area contributed by atoms with Crippen molar-refractivity contribution in [3.05, 3.63) is 0 Å². The van der Waals surface area contributed by atoms with E-state index in [9.17, 15) is 16.8 Å². The van der Waals surface area contributed by atoms with Gasteiger partial charge in [0.15, 0.2) is 0 Å². The Kier molecular flexibility index (Phi) is 5.36. The molecular formula is C14H27NO4S2. The van der Waals surface area contributed by atoms with Crippen molar-refractivity contribution < 1.29 is 16.8 Å². The van der Waals surface area contributed by atoms with Crippen LogP contribution in [0.1, 0.15) is 58.3 Å². The van der Waals surface area contributed by atoms with Gasteiger partial charge in [-0.2, -0.15) is 0 Å². The third-order valence-electron chi connectivity index (χ3n) is 5.01. The fourth-order valence-electron chi connectivity index (χ4n) is 3.48. The van der Waals surface area contributed by atoms with E-state index in [4.69, 9.17) is 0 Å². The molecule has 0 aromatic rings. The van der Waals surface area contributed by atoms with E-state index in [-0.39, 0.29) is 16.5 Å². The van der Waals surface area contributed by atoms with E-state index in [1.165, 1.54) is 6.26 Å². The highest BCUT2D eigenvalue weighted by molar-refractivity contribution is 7.91. The summed E-state index contributed by atoms with van der Waals surface area (Å²) in [4.78, 5) is 0. The largest absolute Gasteiger partial charge is 0.229 e. The summed E-state index contributed by atoms with van der Waals surface area (Å²) in [7, 11) is -6.26. The summed E-state index contributed by atoms with van der Waals surface area (Å²) in [6.45, 7) is 2.17. The number of sulfone groups is 1. The Hall–Kier alpha value is -0.140. The number of sulfonamides is 1. The van der Waals surface area contributed by atoms with Crippen LogP contribution in [-0.4, -0.2) is 39.6 Å². The second-order valence-electron chi connectivity index (χ2n) is 6.85. The van der Waals surface area contributed by atoms with Gasteiger partial charge in [0.05, 0.1) is 10.5 Å². The molecule has 0 saturated heterocycles. The molecule has 2 rings (SSSR count). The van der Waals surface area contributed by atoms with Gasteiger partial charge in [-0.3, -0.25) is 0 Å². The van der Waals surface area contributed by atoms with E-state index >= 15 is 0 Å². The summed E-state index contributed by atoms with van der Waals surface area (Å²) < 4.78 is 50.7. The van der Waals surface area contributed by atoms with Gasteiger partial charge in [0.2, 0.25) is 10.0 Å². The molecule has 2 aliphatic rings. The molecule has 0 radical (unpaired) electrons. The zero-order valence-electron chi connectivity index (χ0n) is 12.9. The van der Waals surface area contributed by atoms with E-state index in [0.717, 1.165) is 25.7 Å². The molecule has 0 spiro atoms. The van der Waals surface area contributed by atoms with Gasteiger partial charge in [-0.15, -0.1) is 0 Å². The van der Waals surface area contributed by atoms with Crippen molar-refractivity contribution in [2.24, 2.45) is 5.92 Å². The molecule has 2 aliphatic carbocycles. The highest BCUT2D eigenvalue weighted by Crippen LogP contribution is 2.29. The first-order valence-corrected chi connectivity index (χ1v) is 11.4. The topological polar surface area (TPSA) is 80.3 Å². The zero-order chi connectivity index (χ0) is 15.7. The summed E-state index contributed by atoms with van der Waals surface area (Å²) in [5.41, 5.74) is 0. The molecule has 7 heteroatoms. The number of nitrogens with one attached hydrogen (secondary N) is 1. The molecule has 1 N–H and O–H groups in total. The van der Waals surface area contributed by atoms with Crippen LogP contribution in [0, 0.1) is 5.92 Å². The van der Waals surface area contributed by atoms with Gasteiger partial charge in [-0.1, -0.05) is 6.92 Å². The zero-order valence-corrected chi connectivity index (χ0v) is 14.5. The van der Waals surface area contributed by atoms with Gasteiger partial charge in [0, 0.05) is 12.3 Å². The van der Waals surface area contributed by atoms with Crippen molar-refractivity contribution in [3.8, 4) is 0 Å². The molecule has 0 aromatic heterocycles. The monoisotopic (exact) mass is 337 g/mol. The molecular weight excluding hydrogens is 310 g/mol. The summed E-state index contributed by atoms with van der Waals surface area (Å²) >= 11 is 0. The molecule has 0 bridgehead atoms. The lowest BCUT2D eigenvalue weighted by atomic mass is 9.91. The Morgan fingerprint density at radius 2 is 1.24 bits per heavy atom. The minimum Gasteiger partial charge on any atom is -0.229 e. The lowest BCUT2D eigenvalue weighted by Gasteiger charge is -2.31. The first-order valence-electron chi connectivity index (χ1n) is 7.88. The molecule has 2 fully saturated rings. The summed E-state index contributed by atoms with van der Waals surface area (Å²) in [6, 6.07) is -0.0904. The van der Waals surface area contributed by atoms with E-state index in [1.54, 1.807) is 0 Å². The summed E-state index contributed by atoms with van der Waals surface area (Å²) in [6.07, 6.45) is 7.09. The second-order valence-corrected chi connectivity index (χ2v) is 11.2. The van der Waals surface area contributed by atoms with Gasteiger partial charge in [-0.25, -0.2) is 21.6 Å². The molecule has 0 heterocycles. The fourth-order valence-corrected chi connectivity index (χ4v) is 6.39. The van der Waals surface area contributed by atoms with Gasteiger partial charge >= 0.3 is 0 Å². The van der Waals surface area contributed by atoms with E-state index in [0.29, 0.717) is 31.6 Å². The van der Waals surface area contributed by atoms with Crippen LogP contribution in [0.4, 0.5) is 0 Å². The Labute approximate surface area is 128 Å². The lowest BCUT2D eigenvalue weighted by Crippen LogP contribution is -2.44. The molecule has 0 aliphatic heterocycles. The smallest absolute Gasteiger partial charge is 0.214 e. The molecule has 124 valence electrons. The Balaban J connectivity index is 1.88. The predicted octanol–water partition coefficient (Wildman–Crippen LogP) is 1.84. The van der Waals surface area contributed by atoms with Crippen molar-refractivity contribution in [2.45, 2.75) is 74.8 Å². The number of hydrogen-bond acceptors (Lipinski definition) is 4. The Bertz CT molecular complexity index is 540.